The molecule has 1 aromatic rings. The third-order valence-corrected chi connectivity index (χ3v) is 8.29. The van der Waals surface area contributed by atoms with Crippen LogP contribution in [0.4, 0.5) is 5.82 Å². The molecule has 17 nitrogen and oxygen atoms in total. The Morgan fingerprint density at radius 1 is 1.27 bits per heavy atom. The van der Waals surface area contributed by atoms with Crippen LogP contribution in [0.25, 0.3) is 0 Å². The Bertz CT molecular complexity index is 1170. The lowest BCUT2D eigenvalue weighted by Gasteiger charge is -2.26. The Balaban J connectivity index is 2.31. The minimum absolute atomic E-state index is 0.254. The van der Waals surface area contributed by atoms with Crippen LogP contribution in [0, 0.1) is 11.3 Å². The summed E-state index contributed by atoms with van der Waals surface area (Å²) in [5.41, 5.74) is 4.28. The van der Waals surface area contributed by atoms with E-state index >= 15 is 0 Å². The molecule has 1 aromatic heterocycles. The number of rotatable bonds is 8. The second-order valence-electron chi connectivity index (χ2n) is 6.20. The summed E-state index contributed by atoms with van der Waals surface area (Å²) in [5.74, 6) is 1.96. The zero-order valence-corrected chi connectivity index (χ0v) is 20.1. The van der Waals surface area contributed by atoms with Gasteiger partial charge in [0.05, 0.1) is 12.3 Å². The highest BCUT2D eigenvalue weighted by Crippen LogP contribution is 2.66. The first-order chi connectivity index (χ1) is 14.9. The third-order valence-electron chi connectivity index (χ3n) is 3.76. The maximum absolute atomic E-state index is 12.1. The number of hydrogen-bond acceptors (Lipinski definition) is 12. The molecule has 2 rings (SSSR count). The predicted octanol–water partition coefficient (Wildman–Crippen LogP) is -0.612. The molecule has 2 heterocycles. The van der Waals surface area contributed by atoms with Gasteiger partial charge in [-0.25, -0.2) is 18.5 Å². The molecule has 0 amide bonds. The van der Waals surface area contributed by atoms with Gasteiger partial charge >= 0.3 is 29.2 Å². The SMILES string of the molecule is C[C@@H](OP(=O)(O)OP(=O)(O)OP(=O)(O)O)[C@H]1O[C@@H](n2ncc(N)nc2=O)C(Cl)(C#CCl)[C@H]1O. The quantitative estimate of drug-likeness (QED) is 0.128. The fourth-order valence-corrected chi connectivity index (χ4v) is 6.33. The van der Waals surface area contributed by atoms with Gasteiger partial charge in [-0.15, -0.1) is 0 Å². The summed E-state index contributed by atoms with van der Waals surface area (Å²) in [7, 11) is -17.0. The number of phosphoric ester groups is 1. The number of ether oxygens (including phenoxy) is 1. The van der Waals surface area contributed by atoms with Gasteiger partial charge in [0.2, 0.25) is 0 Å². The van der Waals surface area contributed by atoms with Crippen LogP contribution in [-0.4, -0.2) is 62.6 Å². The molecule has 1 aliphatic heterocycles. The van der Waals surface area contributed by atoms with Crippen molar-refractivity contribution in [3.05, 3.63) is 16.7 Å². The summed E-state index contributed by atoms with van der Waals surface area (Å²) >= 11 is 11.7. The van der Waals surface area contributed by atoms with E-state index in [0.29, 0.717) is 4.68 Å². The largest absolute Gasteiger partial charge is 0.490 e. The van der Waals surface area contributed by atoms with Crippen molar-refractivity contribution in [2.24, 2.45) is 0 Å². The fraction of sp³-hybridized carbons (Fsp3) is 0.545. The number of phosphoric acid groups is 3. The van der Waals surface area contributed by atoms with E-state index in [9.17, 15) is 33.4 Å². The number of aliphatic hydroxyl groups is 1. The molecule has 22 heteroatoms. The first kappa shape index (κ1) is 28.3. The molecule has 0 bridgehead atoms. The van der Waals surface area contributed by atoms with Crippen molar-refractivity contribution in [2.75, 3.05) is 5.73 Å². The lowest BCUT2D eigenvalue weighted by molar-refractivity contribution is -0.0785. The Morgan fingerprint density at radius 3 is 2.39 bits per heavy atom. The van der Waals surface area contributed by atoms with Crippen LogP contribution in [-0.2, 0) is 31.6 Å². The van der Waals surface area contributed by atoms with E-state index < -0.39 is 58.6 Å². The van der Waals surface area contributed by atoms with Crippen LogP contribution in [0.5, 0.6) is 0 Å². The average molecular weight is 575 g/mol. The van der Waals surface area contributed by atoms with Crippen LogP contribution < -0.4 is 11.4 Å². The Kier molecular flexibility index (Phi) is 8.56. The molecule has 0 aliphatic carbocycles. The molecule has 186 valence electrons. The summed E-state index contributed by atoms with van der Waals surface area (Å²) in [6.45, 7) is 1.01. The Morgan fingerprint density at radius 2 is 1.88 bits per heavy atom. The highest BCUT2D eigenvalue weighted by molar-refractivity contribution is 7.66. The number of aliphatic hydroxyl groups excluding tert-OH is 1. The molecule has 3 unspecified atom stereocenters. The number of halogens is 2. The molecule has 0 radical (unpaired) electrons. The number of alkyl halides is 1. The highest BCUT2D eigenvalue weighted by Gasteiger charge is 2.59. The van der Waals surface area contributed by atoms with Crippen molar-refractivity contribution >= 4 is 52.5 Å². The minimum Gasteiger partial charge on any atom is -0.387 e. The topological polar surface area (TPSA) is 263 Å². The zero-order valence-electron chi connectivity index (χ0n) is 15.9. The number of anilines is 1. The summed E-state index contributed by atoms with van der Waals surface area (Å²) < 4.78 is 52.0. The number of nitrogens with zero attached hydrogens (tertiary/aromatic N) is 3. The van der Waals surface area contributed by atoms with E-state index in [1.807, 2.05) is 5.38 Å². The van der Waals surface area contributed by atoms with Crippen molar-refractivity contribution in [3.8, 4) is 11.3 Å². The van der Waals surface area contributed by atoms with Crippen molar-refractivity contribution in [2.45, 2.75) is 36.3 Å². The number of nitrogen functional groups attached to an aromatic ring is 1. The molecule has 0 saturated carbocycles. The van der Waals surface area contributed by atoms with Gasteiger partial charge in [-0.3, -0.25) is 4.52 Å². The molecule has 1 saturated heterocycles. The van der Waals surface area contributed by atoms with Gasteiger partial charge < -0.3 is 35.2 Å². The summed E-state index contributed by atoms with van der Waals surface area (Å²) in [6, 6.07) is 0. The maximum atomic E-state index is 12.1. The Hall–Kier alpha value is -0.920. The van der Waals surface area contributed by atoms with Crippen molar-refractivity contribution in [1.82, 2.24) is 14.8 Å². The molecule has 7 atom stereocenters. The molecule has 0 aromatic carbocycles. The molecule has 1 aliphatic rings. The third kappa shape index (κ3) is 7.04. The lowest BCUT2D eigenvalue weighted by atomic mass is 9.97. The smallest absolute Gasteiger partial charge is 0.387 e. The van der Waals surface area contributed by atoms with E-state index in [0.717, 1.165) is 13.1 Å². The van der Waals surface area contributed by atoms with Crippen LogP contribution in [0.3, 0.4) is 0 Å². The lowest BCUT2D eigenvalue weighted by Crippen LogP contribution is -2.45. The monoisotopic (exact) mass is 574 g/mol. The molecule has 0 spiro atoms. The molecule has 1 fully saturated rings. The predicted molar refractivity (Wildman–Crippen MR) is 107 cm³/mol. The van der Waals surface area contributed by atoms with E-state index in [4.69, 9.17) is 43.5 Å². The second kappa shape index (κ2) is 9.98. The summed E-state index contributed by atoms with van der Waals surface area (Å²) in [5, 5.41) is 16.2. The molecular weight excluding hydrogens is 560 g/mol. The van der Waals surface area contributed by atoms with Gasteiger partial charge in [0, 0.05) is 5.38 Å². The first-order valence-corrected chi connectivity index (χ1v) is 13.4. The Labute approximate surface area is 193 Å². The van der Waals surface area contributed by atoms with Gasteiger partial charge in [0.15, 0.2) is 11.1 Å². The van der Waals surface area contributed by atoms with Crippen molar-refractivity contribution < 1.29 is 56.3 Å². The molecule has 7 N–H and O–H groups in total. The average Bonchev–Trinajstić information content (AvgIpc) is 2.83. The van der Waals surface area contributed by atoms with E-state index in [1.165, 1.54) is 0 Å². The van der Waals surface area contributed by atoms with Crippen LogP contribution >= 0.6 is 46.7 Å². The van der Waals surface area contributed by atoms with E-state index in [-0.39, 0.29) is 5.82 Å². The maximum Gasteiger partial charge on any atom is 0.490 e. The van der Waals surface area contributed by atoms with Gasteiger partial charge in [-0.2, -0.15) is 23.4 Å². The van der Waals surface area contributed by atoms with Gasteiger partial charge in [-0.05, 0) is 18.5 Å². The van der Waals surface area contributed by atoms with E-state index in [2.05, 4.69) is 29.1 Å². The van der Waals surface area contributed by atoms with Crippen LogP contribution in [0.2, 0.25) is 0 Å². The highest BCUT2D eigenvalue weighted by atomic mass is 35.5. The second-order valence-corrected chi connectivity index (χ2v) is 11.4. The van der Waals surface area contributed by atoms with Gasteiger partial charge in [-0.1, -0.05) is 17.5 Å². The minimum atomic E-state index is -5.79. The zero-order chi connectivity index (χ0) is 25.4. The van der Waals surface area contributed by atoms with E-state index in [1.54, 1.807) is 0 Å². The standard InChI is InChI=1S/C11H15Cl2N4O13P3/c1-5(28-32(23,24)30-33(25,26)29-31(20,21)22)7-8(18)11(13,2-3-12)9(27-7)17-10(19)16-6(14)4-15-17/h4-5,7-9,18H,1H3,(H,23,24)(H,25,26)(H2,14,16,19)(H2,20,21,22)/t5-,7-,8+,9-,11?/m1/s1. The van der Waals surface area contributed by atoms with Gasteiger partial charge in [0.25, 0.3) is 0 Å². The molecule has 33 heavy (non-hydrogen) atoms. The van der Waals surface area contributed by atoms with Crippen molar-refractivity contribution in [1.29, 1.82) is 0 Å². The normalized spacial score (nSPS) is 30.0. The van der Waals surface area contributed by atoms with Gasteiger partial charge in [0.1, 0.15) is 18.0 Å². The summed E-state index contributed by atoms with van der Waals surface area (Å²) in [4.78, 5) is 49.4. The molecular formula is C11H15Cl2N4O13P3. The van der Waals surface area contributed by atoms with Crippen LogP contribution in [0.1, 0.15) is 13.2 Å². The number of nitrogens with two attached hydrogens (primary N) is 1. The summed E-state index contributed by atoms with van der Waals surface area (Å²) in [6.07, 6.45) is -6.03. The fourth-order valence-electron chi connectivity index (χ4n) is 2.61. The van der Waals surface area contributed by atoms with Crippen LogP contribution in [0.15, 0.2) is 11.0 Å². The first-order valence-electron chi connectivity index (χ1n) is 8.09. The van der Waals surface area contributed by atoms with Crippen molar-refractivity contribution in [3.63, 3.8) is 0 Å². The number of hydrogen-bond donors (Lipinski definition) is 6. The number of aromatic nitrogens is 3.